The molecule has 0 amide bonds. The number of pyridine rings is 1. The summed E-state index contributed by atoms with van der Waals surface area (Å²) >= 11 is 6.43. The molecule has 2 aliphatic heterocycles. The number of halogens is 1. The number of methoxy groups -OCH3 is 1. The minimum atomic E-state index is -0.782. The van der Waals surface area contributed by atoms with Gasteiger partial charge in [-0.25, -0.2) is 4.98 Å². The zero-order valence-corrected chi connectivity index (χ0v) is 24.3. The fourth-order valence-corrected chi connectivity index (χ4v) is 5.99. The second kappa shape index (κ2) is 13.6. The molecule has 0 spiro atoms. The van der Waals surface area contributed by atoms with Gasteiger partial charge < -0.3 is 29.1 Å². The second-order valence-corrected chi connectivity index (χ2v) is 11.2. The van der Waals surface area contributed by atoms with Crippen LogP contribution in [0.3, 0.4) is 0 Å². The Morgan fingerprint density at radius 1 is 1.15 bits per heavy atom. The van der Waals surface area contributed by atoms with Crippen molar-refractivity contribution in [2.24, 2.45) is 11.8 Å². The Bertz CT molecular complexity index is 1080. The summed E-state index contributed by atoms with van der Waals surface area (Å²) in [6, 6.07) is 9.85. The van der Waals surface area contributed by atoms with Crippen LogP contribution in [-0.2, 0) is 9.53 Å². The van der Waals surface area contributed by atoms with Gasteiger partial charge in [0, 0.05) is 62.3 Å². The highest BCUT2D eigenvalue weighted by Gasteiger charge is 2.41. The highest BCUT2D eigenvalue weighted by Crippen LogP contribution is 2.36. The van der Waals surface area contributed by atoms with E-state index < -0.39 is 5.97 Å². The number of anilines is 2. The van der Waals surface area contributed by atoms with Gasteiger partial charge in [-0.05, 0) is 30.7 Å². The van der Waals surface area contributed by atoms with Gasteiger partial charge in [0.15, 0.2) is 0 Å². The van der Waals surface area contributed by atoms with Crippen LogP contribution in [0.15, 0.2) is 36.5 Å². The SMILES string of the molecule is CCCCCO[C@H]1CN(c2ccc(O[C@@H]3CCN(c4cc(OC)ncc4Cl)C[C@H]3C)cc2)[C@@H](CC(=O)O)[C@@H]1C. The molecule has 8 nitrogen and oxygen atoms in total. The van der Waals surface area contributed by atoms with Gasteiger partial charge in [-0.2, -0.15) is 0 Å². The van der Waals surface area contributed by atoms with Crippen LogP contribution in [0.1, 0.15) is 52.9 Å². The summed E-state index contributed by atoms with van der Waals surface area (Å²) in [5.74, 6) is 1.02. The number of carbonyl (C=O) groups is 1. The van der Waals surface area contributed by atoms with Crippen LogP contribution in [0.2, 0.25) is 5.02 Å². The smallest absolute Gasteiger partial charge is 0.305 e. The summed E-state index contributed by atoms with van der Waals surface area (Å²) in [4.78, 5) is 20.3. The maximum atomic E-state index is 11.6. The molecule has 1 aromatic heterocycles. The van der Waals surface area contributed by atoms with E-state index in [2.05, 4.69) is 35.6 Å². The predicted octanol–water partition coefficient (Wildman–Crippen LogP) is 5.91. The number of carboxylic acid groups (broad SMARTS) is 1. The third-order valence-corrected chi connectivity index (χ3v) is 8.37. The van der Waals surface area contributed by atoms with Gasteiger partial charge in [0.2, 0.25) is 5.88 Å². The van der Waals surface area contributed by atoms with Gasteiger partial charge in [0.1, 0.15) is 11.9 Å². The maximum Gasteiger partial charge on any atom is 0.305 e. The number of aromatic nitrogens is 1. The number of carboxylic acids is 1. The molecule has 1 N–H and O–H groups in total. The molecule has 0 aliphatic carbocycles. The first-order valence-electron chi connectivity index (χ1n) is 14.1. The van der Waals surface area contributed by atoms with E-state index in [1.54, 1.807) is 13.3 Å². The number of rotatable bonds is 12. The number of nitrogens with zero attached hydrogens (tertiary/aromatic N) is 3. The number of piperidine rings is 1. The average molecular weight is 560 g/mol. The summed E-state index contributed by atoms with van der Waals surface area (Å²) in [5.41, 5.74) is 1.94. The number of hydrogen-bond acceptors (Lipinski definition) is 7. The normalized spacial score (nSPS) is 25.1. The van der Waals surface area contributed by atoms with Crippen molar-refractivity contribution in [1.82, 2.24) is 4.98 Å². The van der Waals surface area contributed by atoms with Crippen molar-refractivity contribution in [2.75, 3.05) is 43.2 Å². The second-order valence-electron chi connectivity index (χ2n) is 10.8. The van der Waals surface area contributed by atoms with Crippen molar-refractivity contribution < 1.29 is 24.1 Å². The molecule has 214 valence electrons. The molecule has 3 heterocycles. The van der Waals surface area contributed by atoms with Crippen LogP contribution in [0.4, 0.5) is 11.4 Å². The highest BCUT2D eigenvalue weighted by molar-refractivity contribution is 6.33. The molecule has 39 heavy (non-hydrogen) atoms. The summed E-state index contributed by atoms with van der Waals surface area (Å²) in [6.45, 7) is 9.54. The third-order valence-electron chi connectivity index (χ3n) is 8.08. The Morgan fingerprint density at radius 2 is 1.92 bits per heavy atom. The number of aliphatic carboxylic acids is 1. The fraction of sp³-hybridized carbons (Fsp3) is 0.600. The largest absolute Gasteiger partial charge is 0.490 e. The lowest BCUT2D eigenvalue weighted by Crippen LogP contribution is -2.44. The Kier molecular flexibility index (Phi) is 10.2. The van der Waals surface area contributed by atoms with Gasteiger partial charge in [-0.3, -0.25) is 4.79 Å². The molecular weight excluding hydrogens is 518 g/mol. The molecule has 9 heteroatoms. The van der Waals surface area contributed by atoms with Crippen LogP contribution in [0, 0.1) is 11.8 Å². The molecular formula is C30H42ClN3O5. The fourth-order valence-electron chi connectivity index (χ4n) is 5.76. The molecule has 2 saturated heterocycles. The van der Waals surface area contributed by atoms with E-state index in [0.717, 1.165) is 62.5 Å². The standard InChI is InChI=1S/C30H42ClN3O5/c1-5-6-7-14-38-28-19-34(25(21(28)3)16-30(35)36)22-8-10-23(11-9-22)39-27-12-13-33(18-20(27)2)26-15-29(37-4)32-17-24(26)31/h8-11,15,17,20-21,25,27-28H,5-7,12-14,16,18-19H2,1-4H3,(H,35,36)/t20-,21+,25+,27-,28+/m1/s1. The van der Waals surface area contributed by atoms with Crippen LogP contribution in [0.5, 0.6) is 11.6 Å². The Balaban J connectivity index is 1.37. The summed E-state index contributed by atoms with van der Waals surface area (Å²) in [7, 11) is 1.60. The van der Waals surface area contributed by atoms with E-state index in [4.69, 9.17) is 25.8 Å². The van der Waals surface area contributed by atoms with Crippen LogP contribution in [-0.4, -0.2) is 67.7 Å². The van der Waals surface area contributed by atoms with Gasteiger partial charge in [0.05, 0.1) is 36.5 Å². The molecule has 2 aromatic rings. The quantitative estimate of drug-likeness (QED) is 0.321. The van der Waals surface area contributed by atoms with Crippen LogP contribution in [0.25, 0.3) is 0 Å². The van der Waals surface area contributed by atoms with Gasteiger partial charge in [-0.1, -0.05) is 45.2 Å². The predicted molar refractivity (Wildman–Crippen MR) is 154 cm³/mol. The zero-order valence-electron chi connectivity index (χ0n) is 23.5. The van der Waals surface area contributed by atoms with E-state index in [1.807, 2.05) is 30.3 Å². The van der Waals surface area contributed by atoms with Crippen LogP contribution < -0.4 is 19.3 Å². The lowest BCUT2D eigenvalue weighted by Gasteiger charge is -2.38. The molecule has 0 saturated carbocycles. The average Bonchev–Trinajstić information content (AvgIpc) is 3.22. The molecule has 2 fully saturated rings. The number of hydrogen-bond donors (Lipinski definition) is 1. The highest BCUT2D eigenvalue weighted by atomic mass is 35.5. The minimum Gasteiger partial charge on any atom is -0.490 e. The molecule has 4 rings (SSSR count). The monoisotopic (exact) mass is 559 g/mol. The Labute approximate surface area is 237 Å². The van der Waals surface area contributed by atoms with E-state index in [0.29, 0.717) is 23.4 Å². The number of unbranched alkanes of at least 4 members (excludes halogenated alkanes) is 2. The molecule has 5 atom stereocenters. The molecule has 0 bridgehead atoms. The third kappa shape index (κ3) is 7.28. The van der Waals surface area contributed by atoms with E-state index in [9.17, 15) is 9.90 Å². The van der Waals surface area contributed by atoms with Crippen molar-refractivity contribution in [3.05, 3.63) is 41.6 Å². The summed E-state index contributed by atoms with van der Waals surface area (Å²) < 4.78 is 17.9. The van der Waals surface area contributed by atoms with E-state index in [-0.39, 0.29) is 30.6 Å². The van der Waals surface area contributed by atoms with Crippen molar-refractivity contribution in [3.8, 4) is 11.6 Å². The molecule has 0 radical (unpaired) electrons. The van der Waals surface area contributed by atoms with Crippen molar-refractivity contribution in [2.45, 2.75) is 71.1 Å². The topological polar surface area (TPSA) is 84.4 Å². The summed E-state index contributed by atoms with van der Waals surface area (Å²) in [5, 5.41) is 10.2. The minimum absolute atomic E-state index is 0.0297. The van der Waals surface area contributed by atoms with E-state index in [1.165, 1.54) is 0 Å². The lowest BCUT2D eigenvalue weighted by atomic mass is 9.96. The zero-order chi connectivity index (χ0) is 27.9. The van der Waals surface area contributed by atoms with Crippen molar-refractivity contribution >= 4 is 28.9 Å². The molecule has 0 unspecified atom stereocenters. The lowest BCUT2D eigenvalue weighted by molar-refractivity contribution is -0.137. The van der Waals surface area contributed by atoms with Gasteiger partial charge in [-0.15, -0.1) is 0 Å². The van der Waals surface area contributed by atoms with Crippen molar-refractivity contribution in [1.29, 1.82) is 0 Å². The Hall–Kier alpha value is -2.71. The maximum absolute atomic E-state index is 11.6. The van der Waals surface area contributed by atoms with Crippen LogP contribution >= 0.6 is 11.6 Å². The first-order chi connectivity index (χ1) is 18.8. The Morgan fingerprint density at radius 3 is 2.59 bits per heavy atom. The van der Waals surface area contributed by atoms with Gasteiger partial charge >= 0.3 is 5.97 Å². The first kappa shape index (κ1) is 29.3. The molecule has 2 aliphatic rings. The van der Waals surface area contributed by atoms with Gasteiger partial charge in [0.25, 0.3) is 0 Å². The molecule has 1 aromatic carbocycles. The summed E-state index contributed by atoms with van der Waals surface area (Å²) in [6.07, 6.45) is 6.05. The first-order valence-corrected chi connectivity index (χ1v) is 14.5. The van der Waals surface area contributed by atoms with Crippen molar-refractivity contribution in [3.63, 3.8) is 0 Å². The number of ether oxygens (including phenoxy) is 3. The number of benzene rings is 1. The van der Waals surface area contributed by atoms with E-state index >= 15 is 0 Å².